The summed E-state index contributed by atoms with van der Waals surface area (Å²) in [5, 5.41) is 12.1. The van der Waals surface area contributed by atoms with E-state index in [1.54, 1.807) is 0 Å². The molecule has 166 valence electrons. The zero-order valence-corrected chi connectivity index (χ0v) is 17.8. The molecule has 1 aliphatic rings. The standard InChI is InChI=1S/C23H34N2O5/c1-2-3-4-5-6-10-14-19(22(27)28)24-21(26)20-15-11-16-25(20)23(29)30-17-18-12-8-7-9-13-18/h7-9,12-13,19-20H,2-6,10-11,14-17H2,1H3,(H,24,26)(H,27,28)/t19-,20-/m1/s1. The van der Waals surface area contributed by atoms with Gasteiger partial charge in [0, 0.05) is 6.54 Å². The molecule has 1 aliphatic heterocycles. The molecule has 7 nitrogen and oxygen atoms in total. The Bertz CT molecular complexity index is 679. The number of carboxylic acid groups (broad SMARTS) is 1. The number of hydrogen-bond acceptors (Lipinski definition) is 4. The fourth-order valence-corrected chi connectivity index (χ4v) is 3.71. The number of carbonyl (C=O) groups is 3. The van der Waals surface area contributed by atoms with E-state index in [-0.39, 0.29) is 6.61 Å². The Morgan fingerprint density at radius 1 is 1.13 bits per heavy atom. The van der Waals surface area contributed by atoms with Crippen LogP contribution in [0.3, 0.4) is 0 Å². The van der Waals surface area contributed by atoms with Gasteiger partial charge in [0.1, 0.15) is 18.7 Å². The number of aliphatic carboxylic acids is 1. The highest BCUT2D eigenvalue weighted by Crippen LogP contribution is 2.20. The number of ether oxygens (including phenoxy) is 1. The zero-order valence-electron chi connectivity index (χ0n) is 17.8. The van der Waals surface area contributed by atoms with Crippen LogP contribution in [-0.2, 0) is 20.9 Å². The first-order chi connectivity index (χ1) is 14.5. The topological polar surface area (TPSA) is 95.9 Å². The van der Waals surface area contributed by atoms with Gasteiger partial charge in [-0.25, -0.2) is 9.59 Å². The van der Waals surface area contributed by atoms with Crippen LogP contribution in [0.5, 0.6) is 0 Å². The van der Waals surface area contributed by atoms with Crippen molar-refractivity contribution in [1.29, 1.82) is 0 Å². The molecule has 2 atom stereocenters. The van der Waals surface area contributed by atoms with Crippen molar-refractivity contribution >= 4 is 18.0 Å². The lowest BCUT2D eigenvalue weighted by Crippen LogP contribution is -2.50. The quantitative estimate of drug-likeness (QED) is 0.498. The Hall–Kier alpha value is -2.57. The number of hydrogen-bond donors (Lipinski definition) is 2. The largest absolute Gasteiger partial charge is 0.480 e. The molecule has 0 aromatic heterocycles. The predicted octanol–water partition coefficient (Wildman–Crippen LogP) is 4.11. The van der Waals surface area contributed by atoms with Crippen molar-refractivity contribution in [1.82, 2.24) is 10.2 Å². The molecule has 1 aromatic carbocycles. The van der Waals surface area contributed by atoms with Crippen molar-refractivity contribution in [3.8, 4) is 0 Å². The number of likely N-dealkylation sites (tertiary alicyclic amines) is 1. The van der Waals surface area contributed by atoms with E-state index in [2.05, 4.69) is 12.2 Å². The Kier molecular flexibility index (Phi) is 10.2. The second-order valence-electron chi connectivity index (χ2n) is 7.85. The number of amides is 2. The monoisotopic (exact) mass is 418 g/mol. The highest BCUT2D eigenvalue weighted by molar-refractivity contribution is 5.89. The molecule has 0 aliphatic carbocycles. The Balaban J connectivity index is 1.82. The molecule has 30 heavy (non-hydrogen) atoms. The van der Waals surface area contributed by atoms with Gasteiger partial charge in [0.25, 0.3) is 0 Å². The molecule has 0 radical (unpaired) electrons. The van der Waals surface area contributed by atoms with E-state index in [1.807, 2.05) is 30.3 Å². The molecule has 1 fully saturated rings. The van der Waals surface area contributed by atoms with Crippen molar-refractivity contribution < 1.29 is 24.2 Å². The van der Waals surface area contributed by atoms with E-state index in [4.69, 9.17) is 4.74 Å². The van der Waals surface area contributed by atoms with Crippen molar-refractivity contribution in [2.75, 3.05) is 6.54 Å². The van der Waals surface area contributed by atoms with Gasteiger partial charge in [-0.2, -0.15) is 0 Å². The fraction of sp³-hybridized carbons (Fsp3) is 0.609. The van der Waals surface area contributed by atoms with Gasteiger partial charge < -0.3 is 15.2 Å². The molecule has 1 aromatic rings. The molecular weight excluding hydrogens is 384 g/mol. The maximum absolute atomic E-state index is 12.7. The number of carboxylic acids is 1. The summed E-state index contributed by atoms with van der Waals surface area (Å²) in [4.78, 5) is 38.1. The van der Waals surface area contributed by atoms with Crippen LogP contribution in [0.4, 0.5) is 4.79 Å². The molecule has 7 heteroatoms. The lowest BCUT2D eigenvalue weighted by molar-refractivity contribution is -0.142. The summed E-state index contributed by atoms with van der Waals surface area (Å²) in [6.07, 6.45) is 7.37. The van der Waals surface area contributed by atoms with E-state index in [0.717, 1.165) is 31.2 Å². The Morgan fingerprint density at radius 3 is 2.53 bits per heavy atom. The lowest BCUT2D eigenvalue weighted by atomic mass is 10.1. The van der Waals surface area contributed by atoms with Gasteiger partial charge in [0.15, 0.2) is 0 Å². The maximum Gasteiger partial charge on any atom is 0.410 e. The molecule has 2 N–H and O–H groups in total. The van der Waals surface area contributed by atoms with Crippen LogP contribution in [0.2, 0.25) is 0 Å². The van der Waals surface area contributed by atoms with Crippen LogP contribution in [0, 0.1) is 0 Å². The molecule has 0 saturated carbocycles. The molecule has 2 rings (SSSR count). The minimum absolute atomic E-state index is 0.139. The van der Waals surface area contributed by atoms with Gasteiger partial charge >= 0.3 is 12.1 Å². The van der Waals surface area contributed by atoms with Crippen LogP contribution >= 0.6 is 0 Å². The normalized spacial score (nSPS) is 16.8. The Morgan fingerprint density at radius 2 is 1.83 bits per heavy atom. The number of unbranched alkanes of at least 4 members (excludes halogenated alkanes) is 5. The summed E-state index contributed by atoms with van der Waals surface area (Å²) >= 11 is 0. The first-order valence-electron chi connectivity index (χ1n) is 11.0. The van der Waals surface area contributed by atoms with Gasteiger partial charge in [-0.1, -0.05) is 75.8 Å². The van der Waals surface area contributed by atoms with E-state index in [1.165, 1.54) is 17.7 Å². The lowest BCUT2D eigenvalue weighted by Gasteiger charge is -2.25. The average molecular weight is 419 g/mol. The van der Waals surface area contributed by atoms with Crippen molar-refractivity contribution in [2.24, 2.45) is 0 Å². The molecule has 2 amide bonds. The first kappa shape index (κ1) is 23.7. The van der Waals surface area contributed by atoms with Crippen LogP contribution in [-0.4, -0.2) is 46.6 Å². The van der Waals surface area contributed by atoms with Gasteiger partial charge in [-0.3, -0.25) is 9.69 Å². The van der Waals surface area contributed by atoms with Crippen LogP contribution in [0.15, 0.2) is 30.3 Å². The summed E-state index contributed by atoms with van der Waals surface area (Å²) in [6.45, 7) is 2.72. The number of nitrogens with one attached hydrogen (secondary N) is 1. The van der Waals surface area contributed by atoms with Gasteiger partial charge in [0.2, 0.25) is 5.91 Å². The third-order valence-electron chi connectivity index (χ3n) is 5.46. The number of rotatable bonds is 12. The molecule has 0 unspecified atom stereocenters. The highest BCUT2D eigenvalue weighted by Gasteiger charge is 2.36. The molecule has 0 bridgehead atoms. The van der Waals surface area contributed by atoms with Gasteiger partial charge in [-0.15, -0.1) is 0 Å². The molecule has 1 heterocycles. The van der Waals surface area contributed by atoms with Crippen LogP contribution < -0.4 is 5.32 Å². The Labute approximate surface area is 178 Å². The van der Waals surface area contributed by atoms with Crippen molar-refractivity contribution in [2.45, 2.75) is 83.4 Å². The van der Waals surface area contributed by atoms with Crippen molar-refractivity contribution in [3.05, 3.63) is 35.9 Å². The summed E-state index contributed by atoms with van der Waals surface area (Å²) in [5.74, 6) is -1.45. The zero-order chi connectivity index (χ0) is 21.8. The number of nitrogens with zero attached hydrogens (tertiary/aromatic N) is 1. The van der Waals surface area contributed by atoms with Gasteiger partial charge in [-0.05, 0) is 24.8 Å². The minimum Gasteiger partial charge on any atom is -0.480 e. The average Bonchev–Trinajstić information content (AvgIpc) is 3.24. The summed E-state index contributed by atoms with van der Waals surface area (Å²) in [7, 11) is 0. The highest BCUT2D eigenvalue weighted by atomic mass is 16.6. The smallest absolute Gasteiger partial charge is 0.410 e. The number of benzene rings is 1. The second-order valence-corrected chi connectivity index (χ2v) is 7.85. The number of carbonyl (C=O) groups excluding carboxylic acids is 2. The first-order valence-corrected chi connectivity index (χ1v) is 11.0. The summed E-state index contributed by atoms with van der Waals surface area (Å²) in [6, 6.07) is 7.74. The molecule has 0 spiro atoms. The van der Waals surface area contributed by atoms with E-state index < -0.39 is 30.1 Å². The van der Waals surface area contributed by atoms with E-state index in [9.17, 15) is 19.5 Å². The SMILES string of the molecule is CCCCCCCC[C@@H](NC(=O)[C@H]1CCCN1C(=O)OCc1ccccc1)C(=O)O. The fourth-order valence-electron chi connectivity index (χ4n) is 3.71. The van der Waals surface area contributed by atoms with Crippen LogP contribution in [0.1, 0.15) is 70.3 Å². The minimum atomic E-state index is -1.03. The summed E-state index contributed by atoms with van der Waals surface area (Å²) in [5.41, 5.74) is 0.871. The molecule has 1 saturated heterocycles. The molecular formula is C23H34N2O5. The van der Waals surface area contributed by atoms with Crippen molar-refractivity contribution in [3.63, 3.8) is 0 Å². The second kappa shape index (κ2) is 12.9. The van der Waals surface area contributed by atoms with Crippen LogP contribution in [0.25, 0.3) is 0 Å². The van der Waals surface area contributed by atoms with E-state index >= 15 is 0 Å². The van der Waals surface area contributed by atoms with Gasteiger partial charge in [0.05, 0.1) is 0 Å². The maximum atomic E-state index is 12.7. The predicted molar refractivity (Wildman–Crippen MR) is 114 cm³/mol. The third-order valence-corrected chi connectivity index (χ3v) is 5.46. The summed E-state index contributed by atoms with van der Waals surface area (Å²) < 4.78 is 5.35. The van der Waals surface area contributed by atoms with E-state index in [0.29, 0.717) is 25.8 Å². The third kappa shape index (κ3) is 7.69.